The first-order chi connectivity index (χ1) is 7.29. The first-order valence-electron chi connectivity index (χ1n) is 4.78. The molecule has 0 aliphatic carbocycles. The van der Waals surface area contributed by atoms with E-state index in [2.05, 4.69) is 10.2 Å². The fourth-order valence-corrected chi connectivity index (χ4v) is 0.615. The predicted molar refractivity (Wildman–Crippen MR) is 52.6 cm³/mol. The van der Waals surface area contributed by atoms with Gasteiger partial charge in [0.15, 0.2) is 5.79 Å². The van der Waals surface area contributed by atoms with Crippen LogP contribution in [0.4, 0.5) is 8.78 Å². The minimum Gasteiger partial charge on any atom is -0.357 e. The quantitative estimate of drug-likeness (QED) is 0.329. The normalized spacial score (nSPS) is 11.4. The molecule has 0 aromatic heterocycles. The molecule has 0 heterocycles. The Morgan fingerprint density at radius 2 is 2.00 bits per heavy atom. The largest absolute Gasteiger partial charge is 0.415 e. The standard InChI is InChI=1S/C9H16F2N2O3/c1-9(2,11)13(3)16-8(15)7(14)12-6-4-5-10/h4-6H2,1-3H3,(H,12,14). The van der Waals surface area contributed by atoms with E-state index >= 15 is 0 Å². The van der Waals surface area contributed by atoms with Crippen LogP contribution in [-0.2, 0) is 14.4 Å². The molecule has 5 nitrogen and oxygen atoms in total. The summed E-state index contributed by atoms with van der Waals surface area (Å²) in [6, 6.07) is 0. The van der Waals surface area contributed by atoms with Crippen molar-refractivity contribution in [2.24, 2.45) is 0 Å². The van der Waals surface area contributed by atoms with Crippen molar-refractivity contribution in [1.29, 1.82) is 0 Å². The summed E-state index contributed by atoms with van der Waals surface area (Å²) >= 11 is 0. The predicted octanol–water partition coefficient (Wildman–Crippen LogP) is 0.558. The Morgan fingerprint density at radius 1 is 1.44 bits per heavy atom. The van der Waals surface area contributed by atoms with Crippen molar-refractivity contribution >= 4 is 11.9 Å². The van der Waals surface area contributed by atoms with Gasteiger partial charge in [-0.3, -0.25) is 9.18 Å². The molecule has 0 saturated heterocycles. The third-order valence-electron chi connectivity index (χ3n) is 1.75. The lowest BCUT2D eigenvalue weighted by molar-refractivity contribution is -0.230. The maximum absolute atomic E-state index is 13.2. The molecule has 16 heavy (non-hydrogen) atoms. The van der Waals surface area contributed by atoms with Gasteiger partial charge in [-0.2, -0.15) is 0 Å². The number of amides is 1. The molecule has 0 spiro atoms. The molecule has 0 aromatic carbocycles. The zero-order chi connectivity index (χ0) is 12.8. The van der Waals surface area contributed by atoms with Crippen LogP contribution in [0.25, 0.3) is 0 Å². The highest BCUT2D eigenvalue weighted by Crippen LogP contribution is 2.13. The summed E-state index contributed by atoms with van der Waals surface area (Å²) in [4.78, 5) is 26.5. The van der Waals surface area contributed by atoms with Gasteiger partial charge < -0.3 is 10.2 Å². The van der Waals surface area contributed by atoms with Gasteiger partial charge in [0.05, 0.1) is 6.67 Å². The SMILES string of the molecule is CN(OC(=O)C(=O)NCCCF)C(C)(C)F. The van der Waals surface area contributed by atoms with Crippen LogP contribution in [0.15, 0.2) is 0 Å². The maximum Gasteiger partial charge on any atom is 0.415 e. The van der Waals surface area contributed by atoms with Gasteiger partial charge >= 0.3 is 11.9 Å². The average molecular weight is 238 g/mol. The third kappa shape index (κ3) is 5.59. The molecule has 0 fully saturated rings. The minimum absolute atomic E-state index is 0.0349. The molecule has 0 saturated carbocycles. The van der Waals surface area contributed by atoms with Gasteiger partial charge in [0, 0.05) is 13.6 Å². The van der Waals surface area contributed by atoms with Crippen LogP contribution in [0.1, 0.15) is 20.3 Å². The van der Waals surface area contributed by atoms with Gasteiger partial charge in [-0.05, 0) is 20.3 Å². The molecule has 0 rings (SSSR count). The maximum atomic E-state index is 13.2. The molecule has 0 radical (unpaired) electrons. The van der Waals surface area contributed by atoms with Gasteiger partial charge in [-0.15, -0.1) is 5.06 Å². The summed E-state index contributed by atoms with van der Waals surface area (Å²) in [5.41, 5.74) is 0. The van der Waals surface area contributed by atoms with E-state index in [9.17, 15) is 18.4 Å². The molecule has 0 aliphatic heterocycles. The summed E-state index contributed by atoms with van der Waals surface area (Å²) < 4.78 is 24.9. The summed E-state index contributed by atoms with van der Waals surface area (Å²) in [7, 11) is 1.19. The number of alkyl halides is 2. The summed E-state index contributed by atoms with van der Waals surface area (Å²) in [5, 5.41) is 2.77. The fourth-order valence-electron chi connectivity index (χ4n) is 0.615. The fraction of sp³-hybridized carbons (Fsp3) is 0.778. The summed E-state index contributed by atoms with van der Waals surface area (Å²) in [6.07, 6.45) is 0.115. The van der Waals surface area contributed by atoms with Crippen molar-refractivity contribution in [1.82, 2.24) is 10.4 Å². The van der Waals surface area contributed by atoms with E-state index in [1.54, 1.807) is 0 Å². The highest BCUT2D eigenvalue weighted by atomic mass is 19.1. The molecule has 1 N–H and O–H groups in total. The van der Waals surface area contributed by atoms with E-state index in [-0.39, 0.29) is 13.0 Å². The van der Waals surface area contributed by atoms with Gasteiger partial charge in [-0.1, -0.05) is 0 Å². The highest BCUT2D eigenvalue weighted by Gasteiger charge is 2.28. The Bertz CT molecular complexity index is 254. The van der Waals surface area contributed by atoms with E-state index in [1.807, 2.05) is 0 Å². The number of carbonyl (C=O) groups is 2. The van der Waals surface area contributed by atoms with Crippen molar-refractivity contribution in [3.05, 3.63) is 0 Å². The first kappa shape index (κ1) is 14.8. The van der Waals surface area contributed by atoms with E-state index in [0.29, 0.717) is 5.06 Å². The van der Waals surface area contributed by atoms with Crippen LogP contribution in [0.3, 0.4) is 0 Å². The van der Waals surface area contributed by atoms with Crippen molar-refractivity contribution in [3.8, 4) is 0 Å². The molecule has 0 aliphatic rings. The highest BCUT2D eigenvalue weighted by molar-refractivity contribution is 6.32. The zero-order valence-electron chi connectivity index (χ0n) is 9.55. The second-order valence-electron chi connectivity index (χ2n) is 3.58. The number of hydroxylamine groups is 2. The average Bonchev–Trinajstić information content (AvgIpc) is 2.16. The lowest BCUT2D eigenvalue weighted by Crippen LogP contribution is -2.43. The molecular formula is C9H16F2N2O3. The lowest BCUT2D eigenvalue weighted by Gasteiger charge is -2.25. The van der Waals surface area contributed by atoms with Crippen LogP contribution in [0, 0.1) is 0 Å². The molecule has 7 heteroatoms. The number of nitrogens with one attached hydrogen (secondary N) is 1. The summed E-state index contributed by atoms with van der Waals surface area (Å²) in [5.74, 6) is -4.13. The second-order valence-corrected chi connectivity index (χ2v) is 3.58. The third-order valence-corrected chi connectivity index (χ3v) is 1.75. The van der Waals surface area contributed by atoms with E-state index in [1.165, 1.54) is 20.9 Å². The molecule has 0 atom stereocenters. The Hall–Kier alpha value is -1.24. The van der Waals surface area contributed by atoms with Gasteiger partial charge in [0.2, 0.25) is 0 Å². The first-order valence-corrected chi connectivity index (χ1v) is 4.78. The number of hydrogen-bond donors (Lipinski definition) is 1. The second kappa shape index (κ2) is 6.37. The van der Waals surface area contributed by atoms with E-state index in [4.69, 9.17) is 0 Å². The Morgan fingerprint density at radius 3 is 2.44 bits per heavy atom. The van der Waals surface area contributed by atoms with Crippen LogP contribution < -0.4 is 5.32 Å². The van der Waals surface area contributed by atoms with Crippen molar-refractivity contribution in [2.45, 2.75) is 26.1 Å². The van der Waals surface area contributed by atoms with E-state index < -0.39 is 24.3 Å². The van der Waals surface area contributed by atoms with E-state index in [0.717, 1.165) is 0 Å². The number of hydrogen-bond acceptors (Lipinski definition) is 4. The molecule has 0 unspecified atom stereocenters. The number of nitrogens with zero attached hydrogens (tertiary/aromatic N) is 1. The van der Waals surface area contributed by atoms with Gasteiger partial charge in [0.1, 0.15) is 0 Å². The van der Waals surface area contributed by atoms with Crippen LogP contribution in [0.5, 0.6) is 0 Å². The molecular weight excluding hydrogens is 222 g/mol. The monoisotopic (exact) mass is 238 g/mol. The minimum atomic E-state index is -1.88. The van der Waals surface area contributed by atoms with Crippen LogP contribution >= 0.6 is 0 Å². The zero-order valence-corrected chi connectivity index (χ0v) is 9.55. The Kier molecular flexibility index (Phi) is 5.87. The molecule has 0 bridgehead atoms. The lowest BCUT2D eigenvalue weighted by atomic mass is 10.3. The number of halogens is 2. The smallest absolute Gasteiger partial charge is 0.357 e. The Labute approximate surface area is 92.7 Å². The van der Waals surface area contributed by atoms with Crippen molar-refractivity contribution < 1.29 is 23.2 Å². The van der Waals surface area contributed by atoms with Crippen molar-refractivity contribution in [2.75, 3.05) is 20.3 Å². The molecule has 94 valence electrons. The molecule has 0 aromatic rings. The van der Waals surface area contributed by atoms with Crippen LogP contribution in [-0.4, -0.2) is 43.0 Å². The van der Waals surface area contributed by atoms with Crippen molar-refractivity contribution in [3.63, 3.8) is 0 Å². The Balaban J connectivity index is 4.01. The number of carbonyl (C=O) groups excluding carboxylic acids is 2. The molecule has 1 amide bonds. The topological polar surface area (TPSA) is 58.6 Å². The summed E-state index contributed by atoms with van der Waals surface area (Å²) in [6.45, 7) is 1.78. The van der Waals surface area contributed by atoms with Crippen LogP contribution in [0.2, 0.25) is 0 Å². The van der Waals surface area contributed by atoms with Gasteiger partial charge in [0.25, 0.3) is 0 Å². The van der Waals surface area contributed by atoms with Gasteiger partial charge in [-0.25, -0.2) is 9.18 Å². The number of rotatable bonds is 5.